The second-order valence-electron chi connectivity index (χ2n) is 6.41. The fourth-order valence-corrected chi connectivity index (χ4v) is 3.70. The Morgan fingerprint density at radius 1 is 1.36 bits per heavy atom. The SMILES string of the molecule is Cl.NCC1CCCCC1NC(=O)c1cc(N2CCNC2=O)ccc1Cl. The van der Waals surface area contributed by atoms with Crippen LogP contribution < -0.4 is 21.3 Å². The van der Waals surface area contributed by atoms with Gasteiger partial charge in [-0.3, -0.25) is 9.69 Å². The number of benzene rings is 1. The van der Waals surface area contributed by atoms with Crippen molar-refractivity contribution in [2.24, 2.45) is 11.7 Å². The monoisotopic (exact) mass is 386 g/mol. The molecule has 0 spiro atoms. The Kier molecular flexibility index (Phi) is 6.93. The molecule has 1 aromatic carbocycles. The number of amides is 3. The quantitative estimate of drug-likeness (QED) is 0.742. The zero-order valence-corrected chi connectivity index (χ0v) is 15.5. The molecule has 6 nitrogen and oxygen atoms in total. The summed E-state index contributed by atoms with van der Waals surface area (Å²) in [4.78, 5) is 26.1. The van der Waals surface area contributed by atoms with Crippen molar-refractivity contribution in [3.05, 3.63) is 28.8 Å². The molecule has 2 unspecified atom stereocenters. The van der Waals surface area contributed by atoms with Crippen molar-refractivity contribution in [1.82, 2.24) is 10.6 Å². The summed E-state index contributed by atoms with van der Waals surface area (Å²) in [6.45, 7) is 1.76. The second kappa shape index (κ2) is 8.74. The van der Waals surface area contributed by atoms with Gasteiger partial charge in [0, 0.05) is 24.8 Å². The van der Waals surface area contributed by atoms with E-state index in [1.807, 2.05) is 0 Å². The molecule has 0 radical (unpaired) electrons. The Morgan fingerprint density at radius 2 is 2.12 bits per heavy atom. The van der Waals surface area contributed by atoms with E-state index in [0.717, 1.165) is 25.7 Å². The smallest absolute Gasteiger partial charge is 0.321 e. The van der Waals surface area contributed by atoms with E-state index < -0.39 is 0 Å². The number of nitrogens with one attached hydrogen (secondary N) is 2. The molecule has 3 amide bonds. The summed E-state index contributed by atoms with van der Waals surface area (Å²) in [7, 11) is 0. The van der Waals surface area contributed by atoms with Crippen LogP contribution in [0.2, 0.25) is 5.02 Å². The van der Waals surface area contributed by atoms with Crippen LogP contribution >= 0.6 is 24.0 Å². The predicted octanol–water partition coefficient (Wildman–Crippen LogP) is 2.54. The lowest BCUT2D eigenvalue weighted by Gasteiger charge is -2.31. The molecule has 1 heterocycles. The molecule has 1 aromatic rings. The van der Waals surface area contributed by atoms with Crippen LogP contribution in [-0.4, -0.2) is 37.6 Å². The van der Waals surface area contributed by atoms with Crippen LogP contribution in [0.15, 0.2) is 18.2 Å². The van der Waals surface area contributed by atoms with Gasteiger partial charge in [-0.15, -0.1) is 12.4 Å². The third kappa shape index (κ3) is 4.37. The Bertz CT molecular complexity index is 641. The lowest BCUT2D eigenvalue weighted by atomic mass is 9.84. The summed E-state index contributed by atoms with van der Waals surface area (Å²) in [6.07, 6.45) is 4.25. The van der Waals surface area contributed by atoms with Crippen molar-refractivity contribution in [3.63, 3.8) is 0 Å². The highest BCUT2D eigenvalue weighted by atomic mass is 35.5. The number of urea groups is 1. The fraction of sp³-hybridized carbons (Fsp3) is 0.529. The lowest BCUT2D eigenvalue weighted by molar-refractivity contribution is 0.0908. The van der Waals surface area contributed by atoms with E-state index in [0.29, 0.717) is 41.8 Å². The summed E-state index contributed by atoms with van der Waals surface area (Å²) < 4.78 is 0. The van der Waals surface area contributed by atoms with Gasteiger partial charge in [0.25, 0.3) is 5.91 Å². The normalized spacial score (nSPS) is 23.0. The minimum Gasteiger partial charge on any atom is -0.349 e. The highest BCUT2D eigenvalue weighted by molar-refractivity contribution is 6.34. The second-order valence-corrected chi connectivity index (χ2v) is 6.82. The van der Waals surface area contributed by atoms with Crippen LogP contribution in [0.1, 0.15) is 36.0 Å². The number of rotatable bonds is 4. The van der Waals surface area contributed by atoms with Crippen LogP contribution in [0.25, 0.3) is 0 Å². The van der Waals surface area contributed by atoms with Gasteiger partial charge < -0.3 is 16.4 Å². The molecule has 1 aliphatic heterocycles. The number of hydrogen-bond donors (Lipinski definition) is 3. The number of hydrogen-bond acceptors (Lipinski definition) is 3. The van der Waals surface area contributed by atoms with Gasteiger partial charge in [0.05, 0.1) is 10.6 Å². The van der Waals surface area contributed by atoms with Gasteiger partial charge in [0.2, 0.25) is 0 Å². The number of nitrogens with zero attached hydrogens (tertiary/aromatic N) is 1. The molecule has 4 N–H and O–H groups in total. The Hall–Kier alpha value is -1.50. The highest BCUT2D eigenvalue weighted by Gasteiger charge is 2.27. The number of anilines is 1. The van der Waals surface area contributed by atoms with Crippen LogP contribution in [0.3, 0.4) is 0 Å². The molecule has 0 bridgehead atoms. The zero-order chi connectivity index (χ0) is 17.1. The van der Waals surface area contributed by atoms with E-state index in [2.05, 4.69) is 10.6 Å². The molecule has 2 aliphatic rings. The maximum atomic E-state index is 12.7. The van der Waals surface area contributed by atoms with Gasteiger partial charge in [0.1, 0.15) is 0 Å². The first-order chi connectivity index (χ1) is 11.6. The zero-order valence-electron chi connectivity index (χ0n) is 14.0. The average molecular weight is 387 g/mol. The Labute approximate surface area is 158 Å². The van der Waals surface area contributed by atoms with E-state index in [-0.39, 0.29) is 30.4 Å². The molecule has 25 heavy (non-hydrogen) atoms. The van der Waals surface area contributed by atoms with Crippen molar-refractivity contribution in [2.75, 3.05) is 24.5 Å². The van der Waals surface area contributed by atoms with Gasteiger partial charge in [-0.1, -0.05) is 24.4 Å². The van der Waals surface area contributed by atoms with Crippen LogP contribution in [0.4, 0.5) is 10.5 Å². The van der Waals surface area contributed by atoms with Gasteiger partial charge in [-0.05, 0) is 43.5 Å². The van der Waals surface area contributed by atoms with Crippen molar-refractivity contribution >= 4 is 41.6 Å². The third-order valence-electron chi connectivity index (χ3n) is 4.89. The average Bonchev–Trinajstić information content (AvgIpc) is 3.02. The first-order valence-corrected chi connectivity index (χ1v) is 8.84. The van der Waals surface area contributed by atoms with Crippen LogP contribution in [0.5, 0.6) is 0 Å². The summed E-state index contributed by atoms with van der Waals surface area (Å²) in [5.74, 6) is 0.112. The van der Waals surface area contributed by atoms with E-state index in [4.69, 9.17) is 17.3 Å². The minimum absolute atomic E-state index is 0. The Balaban J connectivity index is 0.00000225. The molecule has 2 fully saturated rings. The fourth-order valence-electron chi connectivity index (χ4n) is 3.50. The molecule has 138 valence electrons. The maximum absolute atomic E-state index is 12.7. The third-order valence-corrected chi connectivity index (χ3v) is 5.22. The highest BCUT2D eigenvalue weighted by Crippen LogP contribution is 2.27. The summed E-state index contributed by atoms with van der Waals surface area (Å²) >= 11 is 6.22. The van der Waals surface area contributed by atoms with Crippen molar-refractivity contribution in [2.45, 2.75) is 31.7 Å². The van der Waals surface area contributed by atoms with E-state index in [1.54, 1.807) is 23.1 Å². The molecular weight excluding hydrogens is 363 g/mol. The van der Waals surface area contributed by atoms with Crippen molar-refractivity contribution in [3.8, 4) is 0 Å². The van der Waals surface area contributed by atoms with Gasteiger partial charge in [-0.2, -0.15) is 0 Å². The number of carbonyl (C=O) groups excluding carboxylic acids is 2. The van der Waals surface area contributed by atoms with Crippen LogP contribution in [-0.2, 0) is 0 Å². The summed E-state index contributed by atoms with van der Waals surface area (Å²) in [6, 6.07) is 5.04. The van der Waals surface area contributed by atoms with Crippen molar-refractivity contribution in [1.29, 1.82) is 0 Å². The first-order valence-electron chi connectivity index (χ1n) is 8.46. The number of carbonyl (C=O) groups is 2. The molecular formula is C17H24Cl2N4O2. The summed E-state index contributed by atoms with van der Waals surface area (Å²) in [5.41, 5.74) is 6.91. The standard InChI is InChI=1S/C17H23ClN4O2.ClH/c18-14-6-5-12(22-8-7-20-17(22)24)9-13(14)16(23)21-15-4-2-1-3-11(15)10-19;/h5-6,9,11,15H,1-4,7-8,10,19H2,(H,20,24)(H,21,23);1H. The number of nitrogens with two attached hydrogens (primary N) is 1. The molecule has 8 heteroatoms. The van der Waals surface area contributed by atoms with Gasteiger partial charge in [0.15, 0.2) is 0 Å². The molecule has 1 saturated heterocycles. The first kappa shape index (κ1) is 19.8. The molecule has 1 saturated carbocycles. The lowest BCUT2D eigenvalue weighted by Crippen LogP contribution is -2.44. The van der Waals surface area contributed by atoms with E-state index in [1.165, 1.54) is 0 Å². The van der Waals surface area contributed by atoms with E-state index >= 15 is 0 Å². The minimum atomic E-state index is -0.202. The predicted molar refractivity (Wildman–Crippen MR) is 102 cm³/mol. The van der Waals surface area contributed by atoms with Crippen LogP contribution in [0, 0.1) is 5.92 Å². The molecule has 3 rings (SSSR count). The topological polar surface area (TPSA) is 87.5 Å². The largest absolute Gasteiger partial charge is 0.349 e. The number of halogens is 2. The summed E-state index contributed by atoms with van der Waals surface area (Å²) in [5, 5.41) is 6.22. The molecule has 0 aromatic heterocycles. The van der Waals surface area contributed by atoms with Crippen molar-refractivity contribution < 1.29 is 9.59 Å². The van der Waals surface area contributed by atoms with Gasteiger partial charge >= 0.3 is 6.03 Å². The Morgan fingerprint density at radius 3 is 2.80 bits per heavy atom. The molecule has 2 atom stereocenters. The van der Waals surface area contributed by atoms with E-state index in [9.17, 15) is 9.59 Å². The molecule has 1 aliphatic carbocycles. The van der Waals surface area contributed by atoms with Gasteiger partial charge in [-0.25, -0.2) is 4.79 Å². The maximum Gasteiger partial charge on any atom is 0.321 e.